The Balaban J connectivity index is 1.55. The number of ketones is 2. The lowest BCUT2D eigenvalue weighted by atomic mass is 9.57. The second-order valence-electron chi connectivity index (χ2n) is 11.1. The van der Waals surface area contributed by atoms with Crippen LogP contribution in [0.3, 0.4) is 0 Å². The van der Waals surface area contributed by atoms with Crippen LogP contribution in [0.15, 0.2) is 53.3 Å². The third-order valence-electron chi connectivity index (χ3n) is 8.42. The van der Waals surface area contributed by atoms with Gasteiger partial charge in [-0.3, -0.25) is 24.1 Å². The van der Waals surface area contributed by atoms with Crippen LogP contribution in [0.5, 0.6) is 5.75 Å². The number of anilines is 1. The predicted molar refractivity (Wildman–Crippen MR) is 148 cm³/mol. The summed E-state index contributed by atoms with van der Waals surface area (Å²) in [6, 6.07) is 8.84. The molecule has 12 heteroatoms. The Kier molecular flexibility index (Phi) is 7.15. The second kappa shape index (κ2) is 10.4. The number of hydrogen-bond donors (Lipinski definition) is 6. The van der Waals surface area contributed by atoms with Crippen LogP contribution >= 0.6 is 0 Å². The standard InChI is InChI=1S/C30H30FN3O8/c1-34(2)23-16-11-14-10-15-17(31)12-18(33-19(35)9-8-13-6-4-3-5-7-13)24(36)21(15)25(37)20(14)27(39)30(16,42)28(40)22(26(23)38)29(32)41/h3-7,12,14,16,23,36-37,40,42H,8-11H2,1-2H3,(H2,32,41)(H,33,35)/t14-,16-,23-,30-/m0/s1. The number of phenolic OH excluding ortho intramolecular Hbond substituents is 1. The van der Waals surface area contributed by atoms with Gasteiger partial charge in [0.1, 0.15) is 22.9 Å². The molecule has 1 saturated carbocycles. The molecule has 220 valence electrons. The number of fused-ring (bicyclic) bond motifs is 3. The first-order valence-electron chi connectivity index (χ1n) is 13.3. The minimum Gasteiger partial charge on any atom is -0.508 e. The molecule has 3 aliphatic carbocycles. The number of Topliss-reactive ketones (excluding diaryl/α,β-unsaturated/α-hetero) is 2. The number of nitrogens with one attached hydrogen (secondary N) is 1. The van der Waals surface area contributed by atoms with E-state index in [0.717, 1.165) is 11.6 Å². The summed E-state index contributed by atoms with van der Waals surface area (Å²) in [5.74, 6) is -9.74. The van der Waals surface area contributed by atoms with Crippen molar-refractivity contribution in [2.24, 2.45) is 17.6 Å². The Morgan fingerprint density at radius 2 is 1.81 bits per heavy atom. The number of likely N-dealkylation sites (N-methyl/N-ethyl adjacent to an activating group) is 1. The fourth-order valence-corrected chi connectivity index (χ4v) is 6.48. The van der Waals surface area contributed by atoms with E-state index in [1.165, 1.54) is 19.0 Å². The minimum atomic E-state index is -2.80. The highest BCUT2D eigenvalue weighted by Crippen LogP contribution is 2.53. The molecule has 4 atom stereocenters. The van der Waals surface area contributed by atoms with E-state index in [9.17, 15) is 39.6 Å². The quantitative estimate of drug-likeness (QED) is 0.218. The highest BCUT2D eigenvalue weighted by molar-refractivity contribution is 6.24. The molecule has 0 radical (unpaired) electrons. The number of primary amides is 1. The first-order chi connectivity index (χ1) is 19.8. The van der Waals surface area contributed by atoms with Crippen molar-refractivity contribution in [1.29, 1.82) is 0 Å². The van der Waals surface area contributed by atoms with E-state index in [2.05, 4.69) is 5.32 Å². The summed E-state index contributed by atoms with van der Waals surface area (Å²) in [7, 11) is 2.97. The van der Waals surface area contributed by atoms with E-state index in [1.807, 2.05) is 30.3 Å². The van der Waals surface area contributed by atoms with Crippen LogP contribution in [-0.2, 0) is 32.0 Å². The highest BCUT2D eigenvalue weighted by atomic mass is 19.1. The molecule has 3 aliphatic rings. The van der Waals surface area contributed by atoms with Crippen LogP contribution < -0.4 is 11.1 Å². The van der Waals surface area contributed by atoms with Crippen molar-refractivity contribution < 1.29 is 44.0 Å². The normalized spacial score (nSPS) is 25.2. The van der Waals surface area contributed by atoms with Gasteiger partial charge in [-0.25, -0.2) is 4.39 Å². The monoisotopic (exact) mass is 579 g/mol. The van der Waals surface area contributed by atoms with Crippen LogP contribution in [0.2, 0.25) is 0 Å². The van der Waals surface area contributed by atoms with E-state index >= 15 is 4.39 Å². The van der Waals surface area contributed by atoms with Gasteiger partial charge in [0.15, 0.2) is 17.1 Å². The molecule has 0 aromatic heterocycles. The van der Waals surface area contributed by atoms with Gasteiger partial charge in [-0.1, -0.05) is 30.3 Å². The molecule has 0 saturated heterocycles. The molecular formula is C30H30FN3O8. The maximum Gasteiger partial charge on any atom is 0.255 e. The summed E-state index contributed by atoms with van der Waals surface area (Å²) in [4.78, 5) is 53.1. The molecule has 2 aromatic rings. The van der Waals surface area contributed by atoms with Crippen LogP contribution in [-0.4, -0.2) is 74.4 Å². The summed E-state index contributed by atoms with van der Waals surface area (Å²) >= 11 is 0. The van der Waals surface area contributed by atoms with E-state index in [1.54, 1.807) is 0 Å². The number of carbonyl (C=O) groups is 4. The molecule has 7 N–H and O–H groups in total. The molecule has 0 heterocycles. The van der Waals surface area contributed by atoms with E-state index < -0.39 is 86.7 Å². The number of nitrogens with two attached hydrogens (primary N) is 1. The lowest BCUT2D eigenvalue weighted by Crippen LogP contribution is -2.65. The van der Waals surface area contributed by atoms with Crippen molar-refractivity contribution in [3.8, 4) is 5.75 Å². The number of phenols is 1. The molecular weight excluding hydrogens is 549 g/mol. The maximum absolute atomic E-state index is 15.4. The third-order valence-corrected chi connectivity index (χ3v) is 8.42. The van der Waals surface area contributed by atoms with Crippen molar-refractivity contribution in [3.05, 3.63) is 75.8 Å². The lowest BCUT2D eigenvalue weighted by Gasteiger charge is -2.50. The van der Waals surface area contributed by atoms with Gasteiger partial charge in [0.25, 0.3) is 5.91 Å². The van der Waals surface area contributed by atoms with Crippen LogP contribution in [0.25, 0.3) is 5.76 Å². The van der Waals surface area contributed by atoms with Gasteiger partial charge >= 0.3 is 0 Å². The van der Waals surface area contributed by atoms with E-state index in [4.69, 9.17) is 5.73 Å². The zero-order valence-electron chi connectivity index (χ0n) is 22.8. The molecule has 0 aliphatic heterocycles. The number of benzene rings is 2. The Bertz CT molecular complexity index is 1600. The van der Waals surface area contributed by atoms with Gasteiger partial charge in [-0.2, -0.15) is 0 Å². The molecule has 0 unspecified atom stereocenters. The Hall–Kier alpha value is -4.55. The molecule has 2 aromatic carbocycles. The number of hydrogen-bond acceptors (Lipinski definition) is 9. The zero-order valence-corrected chi connectivity index (χ0v) is 22.8. The summed E-state index contributed by atoms with van der Waals surface area (Å²) in [6.07, 6.45) is 0.0384. The van der Waals surface area contributed by atoms with Crippen molar-refractivity contribution in [1.82, 2.24) is 4.90 Å². The number of carbonyl (C=O) groups excluding carboxylic acids is 4. The molecule has 2 amide bonds. The van der Waals surface area contributed by atoms with Crippen LogP contribution in [0.1, 0.15) is 29.5 Å². The van der Waals surface area contributed by atoms with Crippen molar-refractivity contribution in [2.75, 3.05) is 19.4 Å². The topological polar surface area (TPSA) is 190 Å². The summed E-state index contributed by atoms with van der Waals surface area (Å²) in [5.41, 5.74) is 1.18. The summed E-state index contributed by atoms with van der Waals surface area (Å²) < 4.78 is 15.4. The Labute approximate surface area is 239 Å². The second-order valence-corrected chi connectivity index (χ2v) is 11.1. The van der Waals surface area contributed by atoms with Crippen LogP contribution in [0.4, 0.5) is 10.1 Å². The molecule has 42 heavy (non-hydrogen) atoms. The number of halogens is 1. The number of nitrogens with zero attached hydrogens (tertiary/aromatic N) is 1. The Morgan fingerprint density at radius 3 is 2.43 bits per heavy atom. The zero-order chi connectivity index (χ0) is 30.7. The minimum absolute atomic E-state index is 0.0176. The smallest absolute Gasteiger partial charge is 0.255 e. The van der Waals surface area contributed by atoms with Gasteiger partial charge in [0, 0.05) is 29.5 Å². The van der Waals surface area contributed by atoms with Gasteiger partial charge in [-0.15, -0.1) is 0 Å². The predicted octanol–water partition coefficient (Wildman–Crippen LogP) is 1.67. The fourth-order valence-electron chi connectivity index (χ4n) is 6.48. The van der Waals surface area contributed by atoms with Crippen molar-refractivity contribution in [3.63, 3.8) is 0 Å². The number of aromatic hydroxyl groups is 1. The molecule has 1 fully saturated rings. The summed E-state index contributed by atoms with van der Waals surface area (Å²) in [5, 5.41) is 47.3. The molecule has 5 rings (SSSR count). The first kappa shape index (κ1) is 29.0. The van der Waals surface area contributed by atoms with E-state index in [0.29, 0.717) is 6.42 Å². The lowest BCUT2D eigenvalue weighted by molar-refractivity contribution is -0.153. The average molecular weight is 580 g/mol. The van der Waals surface area contributed by atoms with Gasteiger partial charge in [-0.05, 0) is 44.8 Å². The number of amides is 2. The van der Waals surface area contributed by atoms with E-state index in [-0.39, 0.29) is 30.5 Å². The third kappa shape index (κ3) is 4.34. The number of rotatable bonds is 6. The fraction of sp³-hybridized carbons (Fsp3) is 0.333. The SMILES string of the molecule is CN(C)[C@@H]1C(=O)C(C(N)=O)=C(O)[C@@]2(O)C(=O)C3=C(O)c4c(O)c(NC(=O)CCc5ccccc5)cc(F)c4C[C@H]3C[C@@H]12. The highest BCUT2D eigenvalue weighted by Gasteiger charge is 2.64. The van der Waals surface area contributed by atoms with Crippen molar-refractivity contribution >= 4 is 34.8 Å². The average Bonchev–Trinajstić information content (AvgIpc) is 2.92. The number of aliphatic hydroxyl groups is 3. The molecule has 0 spiro atoms. The van der Waals surface area contributed by atoms with Gasteiger partial charge in [0.05, 0.1) is 17.3 Å². The number of aliphatic hydroxyl groups excluding tert-OH is 2. The van der Waals surface area contributed by atoms with Crippen LogP contribution in [0, 0.1) is 17.7 Å². The van der Waals surface area contributed by atoms with Crippen molar-refractivity contribution in [2.45, 2.75) is 37.3 Å². The van der Waals surface area contributed by atoms with Gasteiger partial charge < -0.3 is 31.5 Å². The molecule has 11 nitrogen and oxygen atoms in total. The molecule has 0 bridgehead atoms. The largest absolute Gasteiger partial charge is 0.508 e. The maximum atomic E-state index is 15.4. The Morgan fingerprint density at radius 1 is 1.14 bits per heavy atom. The number of aryl methyl sites for hydroxylation is 1. The summed E-state index contributed by atoms with van der Waals surface area (Å²) in [6.45, 7) is 0. The van der Waals surface area contributed by atoms with Gasteiger partial charge in [0.2, 0.25) is 11.7 Å². The first-order valence-corrected chi connectivity index (χ1v) is 13.3.